The van der Waals surface area contributed by atoms with E-state index in [-0.39, 0.29) is 28.9 Å². The smallest absolute Gasteiger partial charge is 0.270 e. The van der Waals surface area contributed by atoms with Gasteiger partial charge in [0.1, 0.15) is 0 Å². The van der Waals surface area contributed by atoms with Crippen molar-refractivity contribution in [1.82, 2.24) is 9.88 Å². The lowest BCUT2D eigenvalue weighted by molar-refractivity contribution is -0.384. The van der Waals surface area contributed by atoms with Crippen molar-refractivity contribution in [1.29, 1.82) is 0 Å². The van der Waals surface area contributed by atoms with Gasteiger partial charge in [-0.2, -0.15) is 0 Å². The molecular formula is C29H31N3O3. The lowest BCUT2D eigenvalue weighted by Crippen LogP contribution is -2.28. The van der Waals surface area contributed by atoms with E-state index in [0.29, 0.717) is 19.0 Å². The predicted octanol–water partition coefficient (Wildman–Crippen LogP) is 6.20. The molecule has 1 N–H and O–H groups in total. The highest BCUT2D eigenvalue weighted by Gasteiger charge is 2.24. The molecule has 1 aromatic heterocycles. The molecule has 1 heterocycles. The summed E-state index contributed by atoms with van der Waals surface area (Å²) < 4.78 is 2.12. The van der Waals surface area contributed by atoms with Gasteiger partial charge in [0.25, 0.3) is 5.69 Å². The van der Waals surface area contributed by atoms with E-state index < -0.39 is 0 Å². The molecular weight excluding hydrogens is 438 g/mol. The van der Waals surface area contributed by atoms with Gasteiger partial charge in [-0.3, -0.25) is 14.9 Å². The molecule has 1 atom stereocenters. The first-order valence-corrected chi connectivity index (χ1v) is 12.0. The molecule has 4 rings (SSSR count). The zero-order valence-corrected chi connectivity index (χ0v) is 20.4. The Morgan fingerprint density at radius 1 is 1.03 bits per heavy atom. The number of aryl methyl sites for hydroxylation is 1. The molecule has 0 saturated carbocycles. The predicted molar refractivity (Wildman–Crippen MR) is 140 cm³/mol. The normalized spacial score (nSPS) is 12.1. The van der Waals surface area contributed by atoms with Gasteiger partial charge in [-0.15, -0.1) is 0 Å². The van der Waals surface area contributed by atoms with Crippen LogP contribution < -0.4 is 5.32 Å². The van der Waals surface area contributed by atoms with Crippen molar-refractivity contribution in [3.63, 3.8) is 0 Å². The van der Waals surface area contributed by atoms with E-state index in [4.69, 9.17) is 0 Å². The highest BCUT2D eigenvalue weighted by molar-refractivity contribution is 5.88. The van der Waals surface area contributed by atoms with Crippen molar-refractivity contribution in [3.05, 3.63) is 111 Å². The maximum atomic E-state index is 13.0. The molecule has 0 radical (unpaired) electrons. The highest BCUT2D eigenvalue weighted by atomic mass is 16.6. The van der Waals surface area contributed by atoms with Crippen molar-refractivity contribution in [2.75, 3.05) is 6.54 Å². The van der Waals surface area contributed by atoms with E-state index in [2.05, 4.69) is 42.1 Å². The van der Waals surface area contributed by atoms with E-state index in [0.717, 1.165) is 33.2 Å². The number of rotatable bonds is 9. The van der Waals surface area contributed by atoms with Gasteiger partial charge in [-0.25, -0.2) is 0 Å². The van der Waals surface area contributed by atoms with E-state index in [9.17, 15) is 14.9 Å². The van der Waals surface area contributed by atoms with Crippen LogP contribution in [0.3, 0.4) is 0 Å². The van der Waals surface area contributed by atoms with Crippen LogP contribution >= 0.6 is 0 Å². The van der Waals surface area contributed by atoms with Gasteiger partial charge in [0.05, 0.1) is 4.92 Å². The summed E-state index contributed by atoms with van der Waals surface area (Å²) in [6.07, 6.45) is 2.32. The number of aromatic nitrogens is 1. The van der Waals surface area contributed by atoms with E-state index in [1.807, 2.05) is 55.5 Å². The number of nitro benzene ring substituents is 1. The van der Waals surface area contributed by atoms with Crippen LogP contribution in [0.25, 0.3) is 10.9 Å². The maximum Gasteiger partial charge on any atom is 0.270 e. The van der Waals surface area contributed by atoms with Crippen LogP contribution in [0, 0.1) is 23.0 Å². The van der Waals surface area contributed by atoms with Crippen LogP contribution in [0.15, 0.2) is 79.0 Å². The Bertz CT molecular complexity index is 1320. The van der Waals surface area contributed by atoms with Crippen molar-refractivity contribution >= 4 is 22.5 Å². The quantitative estimate of drug-likeness (QED) is 0.234. The molecule has 0 fully saturated rings. The molecule has 0 aliphatic heterocycles. The average molecular weight is 470 g/mol. The van der Waals surface area contributed by atoms with Gasteiger partial charge in [0.15, 0.2) is 0 Å². The highest BCUT2D eigenvalue weighted by Crippen LogP contribution is 2.37. The fourth-order valence-electron chi connectivity index (χ4n) is 4.40. The van der Waals surface area contributed by atoms with Gasteiger partial charge in [-0.1, -0.05) is 74.0 Å². The van der Waals surface area contributed by atoms with E-state index in [1.165, 1.54) is 0 Å². The van der Waals surface area contributed by atoms with E-state index in [1.54, 1.807) is 12.1 Å². The maximum absolute atomic E-state index is 13.0. The lowest BCUT2D eigenvalue weighted by atomic mass is 9.87. The number of hydrogen-bond donors (Lipinski definition) is 1. The van der Waals surface area contributed by atoms with Crippen LogP contribution in [0.1, 0.15) is 48.4 Å². The molecule has 180 valence electrons. The minimum Gasteiger partial charge on any atom is -0.356 e. The number of amides is 1. The number of carbonyl (C=O) groups excluding carboxylic acids is 1. The van der Waals surface area contributed by atoms with Gasteiger partial charge >= 0.3 is 0 Å². The summed E-state index contributed by atoms with van der Waals surface area (Å²) >= 11 is 0. The van der Waals surface area contributed by atoms with Crippen LogP contribution in [0.2, 0.25) is 0 Å². The second-order valence-electron chi connectivity index (χ2n) is 9.52. The van der Waals surface area contributed by atoms with Crippen molar-refractivity contribution in [2.24, 2.45) is 5.92 Å². The summed E-state index contributed by atoms with van der Waals surface area (Å²) in [5.74, 6) is 0.0927. The number of non-ortho nitro benzene ring substituents is 1. The van der Waals surface area contributed by atoms with Crippen molar-refractivity contribution in [3.8, 4) is 0 Å². The summed E-state index contributed by atoms with van der Waals surface area (Å²) in [7, 11) is 0. The first kappa shape index (κ1) is 24.2. The van der Waals surface area contributed by atoms with Crippen molar-refractivity contribution < 1.29 is 9.72 Å². The van der Waals surface area contributed by atoms with Crippen molar-refractivity contribution in [2.45, 2.75) is 39.7 Å². The Labute approximate surface area is 205 Å². The molecule has 0 spiro atoms. The third kappa shape index (κ3) is 5.77. The molecule has 0 aliphatic carbocycles. The second kappa shape index (κ2) is 10.6. The Morgan fingerprint density at radius 3 is 2.40 bits per heavy atom. The third-order valence-corrected chi connectivity index (χ3v) is 6.25. The third-order valence-electron chi connectivity index (χ3n) is 6.25. The molecule has 6 nitrogen and oxygen atoms in total. The Morgan fingerprint density at radius 2 is 1.74 bits per heavy atom. The molecule has 0 bridgehead atoms. The van der Waals surface area contributed by atoms with Gasteiger partial charge in [-0.05, 0) is 35.6 Å². The van der Waals surface area contributed by atoms with Gasteiger partial charge in [0.2, 0.25) is 5.91 Å². The number of benzene rings is 3. The largest absolute Gasteiger partial charge is 0.356 e. The minimum atomic E-state index is -0.367. The molecule has 4 aromatic rings. The standard InChI is InChI=1S/C29H31N3O3/c1-20(2)17-30-29(33)16-25(23-11-9-21(3)10-12-23)27-19-31(18-22-7-5-4-6-8-22)28-14-13-24(32(34)35)15-26(27)28/h4-15,19-20,25H,16-18H2,1-3H3,(H,30,33)/t25-/m0/s1. The number of fused-ring (bicyclic) bond motifs is 1. The Kier molecular flexibility index (Phi) is 7.30. The lowest BCUT2D eigenvalue weighted by Gasteiger charge is -2.18. The summed E-state index contributed by atoms with van der Waals surface area (Å²) in [5, 5.41) is 15.4. The summed E-state index contributed by atoms with van der Waals surface area (Å²) in [6.45, 7) is 7.40. The van der Waals surface area contributed by atoms with E-state index >= 15 is 0 Å². The number of nitro groups is 1. The SMILES string of the molecule is Cc1ccc([C@H](CC(=O)NCC(C)C)c2cn(Cc3ccccc3)c3ccc([N+](=O)[O-])cc23)cc1. The molecule has 0 saturated heterocycles. The van der Waals surface area contributed by atoms with Gasteiger partial charge in [0, 0.05) is 54.7 Å². The number of hydrogen-bond acceptors (Lipinski definition) is 3. The zero-order valence-electron chi connectivity index (χ0n) is 20.4. The number of nitrogens with one attached hydrogen (secondary N) is 1. The first-order valence-electron chi connectivity index (χ1n) is 12.0. The Balaban J connectivity index is 1.83. The molecule has 0 unspecified atom stereocenters. The average Bonchev–Trinajstić information content (AvgIpc) is 3.19. The van der Waals surface area contributed by atoms with Crippen LogP contribution in [0.5, 0.6) is 0 Å². The summed E-state index contributed by atoms with van der Waals surface area (Å²) in [6, 6.07) is 23.3. The monoisotopic (exact) mass is 469 g/mol. The number of nitrogens with zero attached hydrogens (tertiary/aromatic N) is 2. The van der Waals surface area contributed by atoms with Gasteiger partial charge < -0.3 is 9.88 Å². The summed E-state index contributed by atoms with van der Waals surface area (Å²) in [5.41, 5.74) is 5.16. The fourth-order valence-corrected chi connectivity index (χ4v) is 4.40. The first-order chi connectivity index (χ1) is 16.8. The summed E-state index contributed by atoms with van der Waals surface area (Å²) in [4.78, 5) is 24.2. The fraction of sp³-hybridized carbons (Fsp3) is 0.276. The zero-order chi connectivity index (χ0) is 24.9. The topological polar surface area (TPSA) is 77.2 Å². The molecule has 1 amide bonds. The Hall–Kier alpha value is -3.93. The molecule has 0 aliphatic rings. The van der Waals surface area contributed by atoms with Crippen LogP contribution in [-0.4, -0.2) is 21.9 Å². The molecule has 3 aromatic carbocycles. The van der Waals surface area contributed by atoms with Crippen LogP contribution in [-0.2, 0) is 11.3 Å². The molecule has 35 heavy (non-hydrogen) atoms. The second-order valence-corrected chi connectivity index (χ2v) is 9.52. The number of carbonyl (C=O) groups is 1. The molecule has 6 heteroatoms. The van der Waals surface area contributed by atoms with Crippen LogP contribution in [0.4, 0.5) is 5.69 Å². The minimum absolute atomic E-state index is 0.0290.